The zero-order chi connectivity index (χ0) is 17.2. The number of ether oxygens (including phenoxy) is 1. The molecular formula is C19H25N3O3. The zero-order valence-corrected chi connectivity index (χ0v) is 14.5. The van der Waals surface area contributed by atoms with E-state index < -0.39 is 0 Å². The summed E-state index contributed by atoms with van der Waals surface area (Å²) in [6.45, 7) is 1.76. The lowest BCUT2D eigenvalue weighted by atomic mass is 9.88. The number of rotatable bonds is 3. The topological polar surface area (TPSA) is 62.7 Å². The van der Waals surface area contributed by atoms with Crippen molar-refractivity contribution in [1.82, 2.24) is 14.8 Å². The van der Waals surface area contributed by atoms with Crippen molar-refractivity contribution >= 4 is 11.8 Å². The molecule has 2 amide bonds. The molecule has 25 heavy (non-hydrogen) atoms. The zero-order valence-electron chi connectivity index (χ0n) is 14.5. The molecule has 0 radical (unpaired) electrons. The lowest BCUT2D eigenvalue weighted by molar-refractivity contribution is -0.154. The van der Waals surface area contributed by atoms with Gasteiger partial charge in [0.1, 0.15) is 6.61 Å². The van der Waals surface area contributed by atoms with E-state index in [1.807, 2.05) is 28.0 Å². The Balaban J connectivity index is 1.46. The largest absolute Gasteiger partial charge is 0.364 e. The average molecular weight is 343 g/mol. The van der Waals surface area contributed by atoms with Crippen molar-refractivity contribution in [2.45, 2.75) is 50.8 Å². The van der Waals surface area contributed by atoms with Crippen molar-refractivity contribution in [2.24, 2.45) is 5.92 Å². The SMILES string of the molecule is O=C(C1CCCCC1)N1C[C@@H]2OCC(=O)N(Cc3ccccn3)[C@@H]2C1. The molecule has 0 unspecified atom stereocenters. The van der Waals surface area contributed by atoms with Crippen LogP contribution in [0.4, 0.5) is 0 Å². The van der Waals surface area contributed by atoms with Crippen LogP contribution in [-0.2, 0) is 20.9 Å². The number of fused-ring (bicyclic) bond motifs is 1. The molecule has 1 aromatic rings. The lowest BCUT2D eigenvalue weighted by Gasteiger charge is -2.36. The first kappa shape index (κ1) is 16.5. The fourth-order valence-electron chi connectivity index (χ4n) is 4.33. The van der Waals surface area contributed by atoms with E-state index in [2.05, 4.69) is 4.98 Å². The molecule has 0 aromatic carbocycles. The molecule has 0 bridgehead atoms. The van der Waals surface area contributed by atoms with Gasteiger partial charge < -0.3 is 14.5 Å². The van der Waals surface area contributed by atoms with Gasteiger partial charge in [0, 0.05) is 25.2 Å². The number of morpholine rings is 1. The molecule has 2 aliphatic heterocycles. The molecule has 3 aliphatic rings. The second-order valence-electron chi connectivity index (χ2n) is 7.34. The Morgan fingerprint density at radius 1 is 1.20 bits per heavy atom. The highest BCUT2D eigenvalue weighted by molar-refractivity contribution is 5.81. The van der Waals surface area contributed by atoms with Crippen LogP contribution >= 0.6 is 0 Å². The number of nitrogens with zero attached hydrogens (tertiary/aromatic N) is 3. The van der Waals surface area contributed by atoms with Crippen LogP contribution in [0.3, 0.4) is 0 Å². The van der Waals surface area contributed by atoms with Gasteiger partial charge in [-0.1, -0.05) is 25.3 Å². The third-order valence-electron chi connectivity index (χ3n) is 5.70. The monoisotopic (exact) mass is 343 g/mol. The van der Waals surface area contributed by atoms with Crippen LogP contribution in [-0.4, -0.2) is 58.4 Å². The molecule has 2 saturated heterocycles. The molecule has 134 valence electrons. The third kappa shape index (κ3) is 3.40. The summed E-state index contributed by atoms with van der Waals surface area (Å²) in [4.78, 5) is 33.3. The molecule has 2 atom stereocenters. The number of carbonyl (C=O) groups is 2. The summed E-state index contributed by atoms with van der Waals surface area (Å²) < 4.78 is 5.74. The van der Waals surface area contributed by atoms with E-state index >= 15 is 0 Å². The van der Waals surface area contributed by atoms with Gasteiger partial charge in [0.2, 0.25) is 11.8 Å². The van der Waals surface area contributed by atoms with Gasteiger partial charge in [-0.15, -0.1) is 0 Å². The summed E-state index contributed by atoms with van der Waals surface area (Å²) in [6.07, 6.45) is 7.21. The third-order valence-corrected chi connectivity index (χ3v) is 5.70. The number of amides is 2. The number of hydrogen-bond donors (Lipinski definition) is 0. The molecule has 1 aromatic heterocycles. The van der Waals surface area contributed by atoms with Gasteiger partial charge >= 0.3 is 0 Å². The minimum Gasteiger partial charge on any atom is -0.364 e. The predicted octanol–water partition coefficient (Wildman–Crippen LogP) is 1.60. The number of aromatic nitrogens is 1. The van der Waals surface area contributed by atoms with Gasteiger partial charge in [-0.3, -0.25) is 14.6 Å². The summed E-state index contributed by atoms with van der Waals surface area (Å²) in [5.74, 6) is 0.399. The molecule has 6 heteroatoms. The molecule has 3 heterocycles. The molecule has 0 N–H and O–H groups in total. The van der Waals surface area contributed by atoms with Crippen LogP contribution in [0.1, 0.15) is 37.8 Å². The van der Waals surface area contributed by atoms with Crippen molar-refractivity contribution in [1.29, 1.82) is 0 Å². The Hall–Kier alpha value is -1.95. The lowest BCUT2D eigenvalue weighted by Crippen LogP contribution is -2.53. The second-order valence-corrected chi connectivity index (χ2v) is 7.34. The highest BCUT2D eigenvalue weighted by Crippen LogP contribution is 2.30. The van der Waals surface area contributed by atoms with Crippen molar-refractivity contribution in [3.8, 4) is 0 Å². The molecule has 1 saturated carbocycles. The number of likely N-dealkylation sites (tertiary alicyclic amines) is 1. The number of carbonyl (C=O) groups excluding carboxylic acids is 2. The van der Waals surface area contributed by atoms with Crippen LogP contribution in [0.5, 0.6) is 0 Å². The Bertz CT molecular complexity index is 630. The fraction of sp³-hybridized carbons (Fsp3) is 0.632. The van der Waals surface area contributed by atoms with E-state index in [4.69, 9.17) is 4.74 Å². The van der Waals surface area contributed by atoms with Crippen LogP contribution in [0.2, 0.25) is 0 Å². The van der Waals surface area contributed by atoms with Gasteiger partial charge in [-0.2, -0.15) is 0 Å². The van der Waals surface area contributed by atoms with E-state index in [1.54, 1.807) is 6.20 Å². The van der Waals surface area contributed by atoms with Crippen LogP contribution in [0.25, 0.3) is 0 Å². The van der Waals surface area contributed by atoms with Gasteiger partial charge in [0.25, 0.3) is 0 Å². The van der Waals surface area contributed by atoms with Crippen LogP contribution in [0, 0.1) is 5.92 Å². The Morgan fingerprint density at radius 2 is 2.04 bits per heavy atom. The molecule has 0 spiro atoms. The first-order valence-corrected chi connectivity index (χ1v) is 9.32. The Labute approximate surface area is 148 Å². The minimum absolute atomic E-state index is 0.0149. The predicted molar refractivity (Wildman–Crippen MR) is 91.5 cm³/mol. The van der Waals surface area contributed by atoms with Crippen molar-refractivity contribution in [2.75, 3.05) is 19.7 Å². The van der Waals surface area contributed by atoms with E-state index in [1.165, 1.54) is 6.42 Å². The second kappa shape index (κ2) is 7.12. The minimum atomic E-state index is -0.0750. The van der Waals surface area contributed by atoms with Crippen molar-refractivity contribution < 1.29 is 14.3 Å². The Morgan fingerprint density at radius 3 is 2.80 bits per heavy atom. The van der Waals surface area contributed by atoms with Crippen LogP contribution < -0.4 is 0 Å². The highest BCUT2D eigenvalue weighted by Gasteiger charge is 2.45. The summed E-state index contributed by atoms with van der Waals surface area (Å²) in [5.41, 5.74) is 0.869. The molecule has 4 rings (SSSR count). The van der Waals surface area contributed by atoms with Crippen molar-refractivity contribution in [3.63, 3.8) is 0 Å². The normalized spacial score (nSPS) is 27.4. The van der Waals surface area contributed by atoms with Gasteiger partial charge in [-0.25, -0.2) is 0 Å². The summed E-state index contributed by atoms with van der Waals surface area (Å²) in [7, 11) is 0. The molecule has 6 nitrogen and oxygen atoms in total. The van der Waals surface area contributed by atoms with Gasteiger partial charge in [0.05, 0.1) is 24.4 Å². The molecule has 1 aliphatic carbocycles. The standard InChI is InChI=1S/C19H25N3O3/c23-18-13-25-17-12-21(19(24)14-6-2-1-3-7-14)11-16(17)22(18)10-15-8-4-5-9-20-15/h4-5,8-9,14,16-17H,1-3,6-7,10-13H2/t16-,17+/m1/s1. The molecular weight excluding hydrogens is 318 g/mol. The van der Waals surface area contributed by atoms with E-state index in [9.17, 15) is 9.59 Å². The maximum atomic E-state index is 12.8. The van der Waals surface area contributed by atoms with E-state index in [0.717, 1.165) is 31.4 Å². The molecule has 3 fully saturated rings. The van der Waals surface area contributed by atoms with E-state index in [-0.39, 0.29) is 36.5 Å². The average Bonchev–Trinajstić information content (AvgIpc) is 3.10. The van der Waals surface area contributed by atoms with E-state index in [0.29, 0.717) is 19.6 Å². The summed E-state index contributed by atoms with van der Waals surface area (Å²) in [6, 6.07) is 5.67. The first-order valence-electron chi connectivity index (χ1n) is 9.32. The number of hydrogen-bond acceptors (Lipinski definition) is 4. The maximum absolute atomic E-state index is 12.8. The van der Waals surface area contributed by atoms with Crippen LogP contribution in [0.15, 0.2) is 24.4 Å². The smallest absolute Gasteiger partial charge is 0.249 e. The first-order chi connectivity index (χ1) is 12.2. The maximum Gasteiger partial charge on any atom is 0.249 e. The highest BCUT2D eigenvalue weighted by atomic mass is 16.5. The Kier molecular flexibility index (Phi) is 4.70. The number of pyridine rings is 1. The van der Waals surface area contributed by atoms with Gasteiger partial charge in [0.15, 0.2) is 0 Å². The van der Waals surface area contributed by atoms with Gasteiger partial charge in [-0.05, 0) is 25.0 Å². The summed E-state index contributed by atoms with van der Waals surface area (Å²) >= 11 is 0. The quantitative estimate of drug-likeness (QED) is 0.836. The summed E-state index contributed by atoms with van der Waals surface area (Å²) in [5, 5.41) is 0. The fourth-order valence-corrected chi connectivity index (χ4v) is 4.33. The van der Waals surface area contributed by atoms with Crippen molar-refractivity contribution in [3.05, 3.63) is 30.1 Å².